The van der Waals surface area contributed by atoms with Gasteiger partial charge in [0.25, 0.3) is 0 Å². The lowest BCUT2D eigenvalue weighted by atomic mass is 9.78. The second kappa shape index (κ2) is 11.7. The van der Waals surface area contributed by atoms with Gasteiger partial charge in [-0.1, -0.05) is 26.7 Å². The first-order valence-corrected chi connectivity index (χ1v) is 9.13. The Balaban J connectivity index is 2.22. The summed E-state index contributed by atoms with van der Waals surface area (Å²) < 4.78 is 10.4. The van der Waals surface area contributed by atoms with Gasteiger partial charge in [0, 0.05) is 33.9 Å². The molecule has 0 atom stereocenters. The normalized spacial score (nSPS) is 17.7. The van der Waals surface area contributed by atoms with Crippen LogP contribution in [0.25, 0.3) is 0 Å². The molecule has 0 aromatic rings. The third kappa shape index (κ3) is 8.56. The first kappa shape index (κ1) is 20.2. The maximum Gasteiger partial charge on any atom is 0.190 e. The highest BCUT2D eigenvalue weighted by Crippen LogP contribution is 2.42. The molecule has 0 aliphatic heterocycles. The molecule has 0 unspecified atom stereocenters. The average Bonchev–Trinajstić information content (AvgIpc) is 2.97. The van der Waals surface area contributed by atoms with Gasteiger partial charge >= 0.3 is 0 Å². The molecule has 0 amide bonds. The van der Waals surface area contributed by atoms with Crippen LogP contribution in [0.15, 0.2) is 4.99 Å². The van der Waals surface area contributed by atoms with Crippen LogP contribution in [0.5, 0.6) is 0 Å². The van der Waals surface area contributed by atoms with Crippen molar-refractivity contribution in [1.82, 2.24) is 10.6 Å². The summed E-state index contributed by atoms with van der Waals surface area (Å²) in [5, 5.41) is 6.93. The van der Waals surface area contributed by atoms with Gasteiger partial charge in [-0.05, 0) is 37.0 Å². The molecule has 136 valence electrons. The van der Waals surface area contributed by atoms with Gasteiger partial charge in [-0.3, -0.25) is 4.99 Å². The van der Waals surface area contributed by atoms with E-state index in [1.54, 1.807) is 7.11 Å². The molecule has 23 heavy (non-hydrogen) atoms. The summed E-state index contributed by atoms with van der Waals surface area (Å²) in [6.07, 6.45) is 7.73. The molecule has 1 rings (SSSR count). The Bertz CT molecular complexity index is 326. The molecule has 0 aromatic carbocycles. The second-order valence-electron chi connectivity index (χ2n) is 7.12. The monoisotopic (exact) mass is 327 g/mol. The smallest absolute Gasteiger partial charge is 0.190 e. The molecule has 0 heterocycles. The first-order chi connectivity index (χ1) is 11.1. The Morgan fingerprint density at radius 2 is 1.87 bits per heavy atom. The second-order valence-corrected chi connectivity index (χ2v) is 7.12. The standard InChI is InChI=1S/C18H37N3O2/c1-16(2)14-18(8-5-6-9-18)15-21-17(19-3)20-10-7-11-23-13-12-22-4/h16H,5-15H2,1-4H3,(H2,19,20,21). The Labute approximate surface area is 142 Å². The maximum absolute atomic E-state index is 5.47. The van der Waals surface area contributed by atoms with Crippen LogP contribution in [-0.2, 0) is 9.47 Å². The molecule has 0 aromatic heterocycles. The van der Waals surface area contributed by atoms with Gasteiger partial charge in [-0.2, -0.15) is 0 Å². The van der Waals surface area contributed by atoms with Crippen molar-refractivity contribution in [3.8, 4) is 0 Å². The summed E-state index contributed by atoms with van der Waals surface area (Å²) in [5.41, 5.74) is 0.467. The predicted molar refractivity (Wildman–Crippen MR) is 97.0 cm³/mol. The molecule has 1 aliphatic rings. The zero-order valence-corrected chi connectivity index (χ0v) is 15.6. The Hall–Kier alpha value is -0.810. The summed E-state index contributed by atoms with van der Waals surface area (Å²) in [6, 6.07) is 0. The average molecular weight is 328 g/mol. The Kier molecular flexibility index (Phi) is 10.3. The number of nitrogens with one attached hydrogen (secondary N) is 2. The molecule has 5 heteroatoms. The zero-order chi connectivity index (χ0) is 17.0. The molecule has 5 nitrogen and oxygen atoms in total. The van der Waals surface area contributed by atoms with E-state index in [0.29, 0.717) is 18.6 Å². The van der Waals surface area contributed by atoms with E-state index in [2.05, 4.69) is 29.5 Å². The van der Waals surface area contributed by atoms with E-state index in [0.717, 1.165) is 38.0 Å². The van der Waals surface area contributed by atoms with E-state index in [-0.39, 0.29) is 0 Å². The van der Waals surface area contributed by atoms with Gasteiger partial charge in [0.15, 0.2) is 5.96 Å². The van der Waals surface area contributed by atoms with Crippen molar-refractivity contribution in [3.63, 3.8) is 0 Å². The van der Waals surface area contributed by atoms with Gasteiger partial charge in [0.05, 0.1) is 13.2 Å². The van der Waals surface area contributed by atoms with Crippen LogP contribution in [0.2, 0.25) is 0 Å². The number of rotatable bonds is 11. The lowest BCUT2D eigenvalue weighted by molar-refractivity contribution is 0.0698. The molecule has 2 N–H and O–H groups in total. The third-order valence-corrected chi connectivity index (χ3v) is 4.55. The maximum atomic E-state index is 5.47. The first-order valence-electron chi connectivity index (χ1n) is 9.13. The molecular formula is C18H37N3O2. The minimum absolute atomic E-state index is 0.467. The third-order valence-electron chi connectivity index (χ3n) is 4.55. The zero-order valence-electron chi connectivity index (χ0n) is 15.6. The molecule has 1 aliphatic carbocycles. The van der Waals surface area contributed by atoms with Gasteiger partial charge < -0.3 is 20.1 Å². The lowest BCUT2D eigenvalue weighted by Gasteiger charge is -2.31. The largest absolute Gasteiger partial charge is 0.382 e. The summed E-state index contributed by atoms with van der Waals surface area (Å²) in [7, 11) is 3.53. The van der Waals surface area contributed by atoms with Crippen molar-refractivity contribution in [2.24, 2.45) is 16.3 Å². The SMILES string of the molecule is CN=C(NCCCOCCOC)NCC1(CC(C)C)CCCC1. The highest BCUT2D eigenvalue weighted by molar-refractivity contribution is 5.79. The van der Waals surface area contributed by atoms with E-state index in [1.165, 1.54) is 32.1 Å². The molecule has 0 saturated heterocycles. The fourth-order valence-corrected chi connectivity index (χ4v) is 3.56. The summed E-state index contributed by atoms with van der Waals surface area (Å²) in [4.78, 5) is 4.34. The van der Waals surface area contributed by atoms with Crippen LogP contribution in [0.4, 0.5) is 0 Å². The summed E-state index contributed by atoms with van der Waals surface area (Å²) in [6.45, 7) is 8.66. The van der Waals surface area contributed by atoms with Crippen LogP contribution in [0.1, 0.15) is 52.4 Å². The van der Waals surface area contributed by atoms with Crippen LogP contribution < -0.4 is 10.6 Å². The molecule has 0 radical (unpaired) electrons. The highest BCUT2D eigenvalue weighted by Gasteiger charge is 2.34. The van der Waals surface area contributed by atoms with Crippen molar-refractivity contribution >= 4 is 5.96 Å². The predicted octanol–water partition coefficient (Wildman–Crippen LogP) is 2.81. The Morgan fingerprint density at radius 1 is 1.13 bits per heavy atom. The van der Waals surface area contributed by atoms with Gasteiger partial charge in [-0.25, -0.2) is 0 Å². The van der Waals surface area contributed by atoms with Crippen LogP contribution >= 0.6 is 0 Å². The van der Waals surface area contributed by atoms with Crippen LogP contribution in [0.3, 0.4) is 0 Å². The molecule has 1 fully saturated rings. The van der Waals surface area contributed by atoms with Gasteiger partial charge in [-0.15, -0.1) is 0 Å². The molecular weight excluding hydrogens is 290 g/mol. The minimum atomic E-state index is 0.467. The van der Waals surface area contributed by atoms with Crippen molar-refractivity contribution in [2.75, 3.05) is 47.1 Å². The number of ether oxygens (including phenoxy) is 2. The van der Waals surface area contributed by atoms with Crippen molar-refractivity contribution in [2.45, 2.75) is 52.4 Å². The number of hydrogen-bond donors (Lipinski definition) is 2. The summed E-state index contributed by atoms with van der Waals surface area (Å²) >= 11 is 0. The van der Waals surface area contributed by atoms with Crippen molar-refractivity contribution < 1.29 is 9.47 Å². The minimum Gasteiger partial charge on any atom is -0.382 e. The van der Waals surface area contributed by atoms with Gasteiger partial charge in [0.2, 0.25) is 0 Å². The number of methoxy groups -OCH3 is 1. The van der Waals surface area contributed by atoms with Crippen molar-refractivity contribution in [3.05, 3.63) is 0 Å². The fourth-order valence-electron chi connectivity index (χ4n) is 3.56. The van der Waals surface area contributed by atoms with E-state index < -0.39 is 0 Å². The topological polar surface area (TPSA) is 54.9 Å². The molecule has 0 spiro atoms. The number of hydrogen-bond acceptors (Lipinski definition) is 3. The number of aliphatic imine (C=N–C) groups is 1. The van der Waals surface area contributed by atoms with E-state index >= 15 is 0 Å². The highest BCUT2D eigenvalue weighted by atomic mass is 16.5. The quantitative estimate of drug-likeness (QED) is 0.348. The number of nitrogens with zero attached hydrogens (tertiary/aromatic N) is 1. The van der Waals surface area contributed by atoms with Crippen molar-refractivity contribution in [1.29, 1.82) is 0 Å². The van der Waals surface area contributed by atoms with Crippen LogP contribution in [0, 0.1) is 11.3 Å². The Morgan fingerprint density at radius 3 is 2.48 bits per heavy atom. The number of guanidine groups is 1. The fraction of sp³-hybridized carbons (Fsp3) is 0.944. The molecule has 1 saturated carbocycles. The van der Waals surface area contributed by atoms with E-state index in [4.69, 9.17) is 9.47 Å². The van der Waals surface area contributed by atoms with E-state index in [9.17, 15) is 0 Å². The van der Waals surface area contributed by atoms with Gasteiger partial charge in [0.1, 0.15) is 0 Å². The summed E-state index contributed by atoms with van der Waals surface area (Å²) in [5.74, 6) is 1.67. The lowest BCUT2D eigenvalue weighted by Crippen LogP contribution is -2.43. The molecule has 0 bridgehead atoms. The van der Waals surface area contributed by atoms with E-state index in [1.807, 2.05) is 7.05 Å². The van der Waals surface area contributed by atoms with Crippen LogP contribution in [-0.4, -0.2) is 53.0 Å².